The molecule has 5 aromatic carbocycles. The molecule has 3 aromatic heterocycles. The summed E-state index contributed by atoms with van der Waals surface area (Å²) >= 11 is 2.98. The van der Waals surface area contributed by atoms with E-state index in [-0.39, 0.29) is 54.8 Å². The lowest BCUT2D eigenvalue weighted by atomic mass is 9.85. The van der Waals surface area contributed by atoms with Gasteiger partial charge in [0.1, 0.15) is 29.4 Å². The van der Waals surface area contributed by atoms with Crippen molar-refractivity contribution in [2.75, 3.05) is 23.3 Å². The average Bonchev–Trinajstić information content (AvgIpc) is 4.29. The molecule has 0 spiro atoms. The average molecular weight is 1140 g/mol. The number of carbonyl (C=O) groups excluding carboxylic acids is 4. The van der Waals surface area contributed by atoms with Gasteiger partial charge in [-0.15, -0.1) is 11.3 Å². The van der Waals surface area contributed by atoms with E-state index in [2.05, 4.69) is 25.9 Å². The number of aliphatic hydroxyl groups excluding tert-OH is 1. The maximum atomic E-state index is 14.3. The number of ether oxygens (including phenoxy) is 1. The van der Waals surface area contributed by atoms with E-state index in [0.717, 1.165) is 54.2 Å². The number of aryl methyl sites for hydroxylation is 1. The Bertz CT molecular complexity index is 3670. The number of rotatable bonds is 17. The van der Waals surface area contributed by atoms with Crippen LogP contribution < -0.4 is 25.6 Å². The molecule has 2 aliphatic rings. The topological polar surface area (TPSA) is 216 Å². The number of para-hydroxylation sites is 1. The van der Waals surface area contributed by atoms with Crippen LogP contribution in [0.4, 0.5) is 10.9 Å². The number of likely N-dealkylation sites (tertiary alicyclic amines) is 1. The van der Waals surface area contributed by atoms with Gasteiger partial charge >= 0.3 is 5.97 Å². The fourth-order valence-corrected chi connectivity index (χ4v) is 12.5. The fraction of sp³-hybridized carbons (Fsp3) is 0.312. The quantitative estimate of drug-likeness (QED) is 0.0576. The molecule has 18 heteroatoms. The maximum Gasteiger partial charge on any atom is 0.355 e. The minimum atomic E-state index is -1.18. The van der Waals surface area contributed by atoms with Crippen molar-refractivity contribution in [1.29, 1.82) is 0 Å². The molecule has 1 saturated heterocycles. The lowest BCUT2D eigenvalue weighted by Crippen LogP contribution is -2.57. The van der Waals surface area contributed by atoms with Gasteiger partial charge in [0.05, 0.1) is 38.4 Å². The summed E-state index contributed by atoms with van der Waals surface area (Å²) in [4.78, 5) is 86.6. The lowest BCUT2D eigenvalue weighted by Gasteiger charge is -2.35. The summed E-state index contributed by atoms with van der Waals surface area (Å²) in [5.41, 5.74) is 9.93. The van der Waals surface area contributed by atoms with Gasteiger partial charge in [-0.25, -0.2) is 19.7 Å². The molecule has 16 nitrogen and oxygen atoms in total. The molecule has 8 aromatic rings. The fourth-order valence-electron chi connectivity index (χ4n) is 10.9. The zero-order valence-corrected chi connectivity index (χ0v) is 48.5. The van der Waals surface area contributed by atoms with Crippen molar-refractivity contribution in [1.82, 2.24) is 30.5 Å². The number of thiazole rings is 2. The molecule has 5 heterocycles. The molecular formula is C64H66N8O8S2. The van der Waals surface area contributed by atoms with E-state index in [1.165, 1.54) is 16.2 Å². The van der Waals surface area contributed by atoms with Crippen LogP contribution in [0.5, 0.6) is 11.5 Å². The molecule has 0 unspecified atom stereocenters. The third kappa shape index (κ3) is 12.4. The Morgan fingerprint density at radius 1 is 0.829 bits per heavy atom. The van der Waals surface area contributed by atoms with Gasteiger partial charge in [0, 0.05) is 43.6 Å². The van der Waals surface area contributed by atoms with Crippen LogP contribution in [-0.2, 0) is 27.3 Å². The van der Waals surface area contributed by atoms with Gasteiger partial charge < -0.3 is 35.4 Å². The Morgan fingerprint density at radius 2 is 1.57 bits per heavy atom. The number of aromatic carboxylic acids is 1. The normalized spacial score (nSPS) is 16.2. The number of carbonyl (C=O) groups is 5. The SMILES string of the molecule is Cc1ncsc1-c1ccc([C@H](C)NC(=O)[C@@H]2C[C@@H](O)CN2C(=O)[C@@H](NC(=O)CC[C@H](C)c2ccc(Oc3cccc(-c4ccc(N5CCc6cccc(C(=O)Nc7nc8ccccc8s7)c6C5)nc4C(=O)O)c3C)cc2)C(C)(C)C)cc1. The number of hydrogen-bond acceptors (Lipinski definition) is 13. The Kier molecular flexibility index (Phi) is 16.7. The lowest BCUT2D eigenvalue weighted by molar-refractivity contribution is -0.144. The first kappa shape index (κ1) is 56.9. The van der Waals surface area contributed by atoms with Gasteiger partial charge in [-0.05, 0) is 132 Å². The van der Waals surface area contributed by atoms with E-state index in [1.807, 2.05) is 168 Å². The standard InChI is InChI=1S/C64H66N8O8S2/c1-36(18-29-55(74)69-58(64(5,6)7)61(77)72-33-44(73)32-51(72)60(76)66-38(3)41-19-21-43(22-20-41)57-39(4)65-35-81-57)40-23-25-45(26-24-40)80-52-16-11-13-46(37(52)2)47-27-28-54(68-56(47)62(78)79)71-31-30-42-12-10-14-48(49(42)34-71)59(75)70-63-67-50-15-8-9-17-53(50)82-63/h8-17,19-28,35-36,38,44,51,58,73H,18,29-34H2,1-7H3,(H,66,76)(H,69,74)(H,78,79)(H,67,70,75)/t36-,38-,44+,51-,58+/m0/s1. The van der Waals surface area contributed by atoms with Gasteiger partial charge in [-0.3, -0.25) is 24.5 Å². The minimum absolute atomic E-state index is 0.0226. The first-order valence-corrected chi connectivity index (χ1v) is 29.2. The smallest absolute Gasteiger partial charge is 0.355 e. The van der Waals surface area contributed by atoms with Crippen molar-refractivity contribution < 1.29 is 38.9 Å². The molecule has 4 amide bonds. The molecule has 10 rings (SSSR count). The predicted molar refractivity (Wildman–Crippen MR) is 321 cm³/mol. The summed E-state index contributed by atoms with van der Waals surface area (Å²) < 4.78 is 7.39. The van der Waals surface area contributed by atoms with E-state index >= 15 is 0 Å². The first-order chi connectivity index (χ1) is 39.3. The molecule has 0 aliphatic carbocycles. The zero-order chi connectivity index (χ0) is 58.0. The number of fused-ring (bicyclic) bond motifs is 2. The van der Waals surface area contributed by atoms with Crippen LogP contribution in [-0.4, -0.2) is 90.9 Å². The second-order valence-corrected chi connectivity index (χ2v) is 24.2. The molecule has 82 heavy (non-hydrogen) atoms. The number of nitrogens with one attached hydrogen (secondary N) is 3. The maximum absolute atomic E-state index is 14.3. The largest absolute Gasteiger partial charge is 0.476 e. The highest BCUT2D eigenvalue weighted by Gasteiger charge is 2.45. The van der Waals surface area contributed by atoms with Crippen molar-refractivity contribution >= 4 is 73.4 Å². The summed E-state index contributed by atoms with van der Waals surface area (Å²) in [6, 6.07) is 35.8. The van der Waals surface area contributed by atoms with Gasteiger partial charge in [0.2, 0.25) is 17.7 Å². The van der Waals surface area contributed by atoms with Gasteiger partial charge in [-0.2, -0.15) is 0 Å². The second-order valence-electron chi connectivity index (χ2n) is 22.3. The van der Waals surface area contributed by atoms with Crippen molar-refractivity contribution in [3.63, 3.8) is 0 Å². The molecule has 0 radical (unpaired) electrons. The van der Waals surface area contributed by atoms with Gasteiger partial charge in [0.25, 0.3) is 5.91 Å². The summed E-state index contributed by atoms with van der Waals surface area (Å²) in [7, 11) is 0. The Balaban J connectivity index is 0.747. The first-order valence-electron chi connectivity index (χ1n) is 27.5. The number of β-amino-alcohol motifs (C(OH)–C–C–N with tert-alkyl or cyclic N) is 1. The van der Waals surface area contributed by atoms with Crippen LogP contribution >= 0.6 is 22.7 Å². The van der Waals surface area contributed by atoms with Crippen LogP contribution in [0.1, 0.15) is 120 Å². The number of hydrogen-bond donors (Lipinski definition) is 5. The predicted octanol–water partition coefficient (Wildman–Crippen LogP) is 11.7. The van der Waals surface area contributed by atoms with E-state index in [9.17, 15) is 34.2 Å². The van der Waals surface area contributed by atoms with Gasteiger partial charge in [0.15, 0.2) is 10.8 Å². The molecule has 5 N–H and O–H groups in total. The van der Waals surface area contributed by atoms with Crippen molar-refractivity contribution in [3.05, 3.63) is 172 Å². The number of benzene rings is 5. The van der Waals surface area contributed by atoms with Crippen LogP contribution in [0.2, 0.25) is 0 Å². The van der Waals surface area contributed by atoms with Crippen LogP contribution in [0, 0.1) is 19.3 Å². The van der Waals surface area contributed by atoms with Crippen molar-refractivity contribution in [2.24, 2.45) is 5.41 Å². The third-order valence-electron chi connectivity index (χ3n) is 15.6. The number of carboxylic acid groups (broad SMARTS) is 1. The number of pyridine rings is 1. The molecule has 422 valence electrons. The summed E-state index contributed by atoms with van der Waals surface area (Å²) in [5.74, 6) is -0.972. The van der Waals surface area contributed by atoms with Crippen molar-refractivity contribution in [2.45, 2.75) is 111 Å². The summed E-state index contributed by atoms with van der Waals surface area (Å²) in [6.07, 6.45) is 0.468. The summed E-state index contributed by atoms with van der Waals surface area (Å²) in [6.45, 7) is 14.3. The number of aliphatic hydroxyl groups is 1. The Labute approximate surface area is 484 Å². The highest BCUT2D eigenvalue weighted by Crippen LogP contribution is 2.38. The number of carboxylic acids is 1. The summed E-state index contributed by atoms with van der Waals surface area (Å²) in [5, 5.41) is 30.9. The Hall–Kier alpha value is -8.32. The van der Waals surface area contributed by atoms with E-state index in [4.69, 9.17) is 9.72 Å². The molecule has 5 atom stereocenters. The van der Waals surface area contributed by atoms with E-state index in [1.54, 1.807) is 23.5 Å². The molecule has 2 aliphatic heterocycles. The monoisotopic (exact) mass is 1140 g/mol. The second kappa shape index (κ2) is 24.0. The number of anilines is 2. The van der Waals surface area contributed by atoms with Gasteiger partial charge in [-0.1, -0.05) is 112 Å². The third-order valence-corrected chi connectivity index (χ3v) is 17.5. The molecule has 1 fully saturated rings. The van der Waals surface area contributed by atoms with E-state index < -0.39 is 35.5 Å². The number of amides is 4. The van der Waals surface area contributed by atoms with Crippen LogP contribution in [0.3, 0.4) is 0 Å². The minimum Gasteiger partial charge on any atom is -0.476 e. The van der Waals surface area contributed by atoms with Crippen molar-refractivity contribution in [3.8, 4) is 33.1 Å². The van der Waals surface area contributed by atoms with E-state index in [0.29, 0.717) is 65.1 Å². The molecule has 0 bridgehead atoms. The molecular weight excluding hydrogens is 1070 g/mol. The number of nitrogens with zero attached hydrogens (tertiary/aromatic N) is 5. The molecule has 0 saturated carbocycles. The number of aromatic nitrogens is 3. The van der Waals surface area contributed by atoms with Crippen LogP contribution in [0.25, 0.3) is 31.8 Å². The van der Waals surface area contributed by atoms with Crippen LogP contribution in [0.15, 0.2) is 127 Å². The zero-order valence-electron chi connectivity index (χ0n) is 46.9. The highest BCUT2D eigenvalue weighted by atomic mass is 32.1. The Morgan fingerprint density at radius 3 is 2.29 bits per heavy atom. The highest BCUT2D eigenvalue weighted by molar-refractivity contribution is 7.22.